The number of halogens is 4. The highest BCUT2D eigenvalue weighted by Gasteiger charge is 2.37. The number of rotatable bonds is 6. The summed E-state index contributed by atoms with van der Waals surface area (Å²) >= 11 is 3.35. The van der Waals surface area contributed by atoms with Crippen LogP contribution in [-0.2, 0) is 15.8 Å². The van der Waals surface area contributed by atoms with Crippen molar-refractivity contribution in [2.45, 2.75) is 12.6 Å². The Hall–Kier alpha value is -2.88. The van der Waals surface area contributed by atoms with Crippen LogP contribution in [0.25, 0.3) is 0 Å². The highest BCUT2D eigenvalue weighted by Crippen LogP contribution is 2.29. The highest BCUT2D eigenvalue weighted by molar-refractivity contribution is 9.10. The van der Waals surface area contributed by atoms with E-state index < -0.39 is 29.5 Å². The third-order valence-electron chi connectivity index (χ3n) is 4.83. The van der Waals surface area contributed by atoms with Gasteiger partial charge >= 0.3 is 6.18 Å². The number of carbonyl (C=O) groups is 3. The second kappa shape index (κ2) is 9.51. The third-order valence-corrected chi connectivity index (χ3v) is 5.32. The Labute approximate surface area is 184 Å². The second-order valence-corrected chi connectivity index (χ2v) is 7.85. The monoisotopic (exact) mass is 497 g/mol. The van der Waals surface area contributed by atoms with Gasteiger partial charge in [0.1, 0.15) is 5.92 Å². The predicted molar refractivity (Wildman–Crippen MR) is 111 cm³/mol. The Morgan fingerprint density at radius 2 is 1.74 bits per heavy atom. The van der Waals surface area contributed by atoms with Crippen molar-refractivity contribution in [1.29, 1.82) is 0 Å². The largest absolute Gasteiger partial charge is 0.416 e. The normalized spacial score (nSPS) is 16.3. The first-order valence-electron chi connectivity index (χ1n) is 9.47. The molecular weight excluding hydrogens is 479 g/mol. The number of carbonyl (C=O) groups excluding carboxylic acids is 3. The standard InChI is InChI=1S/C21H19BrF3N3O3/c22-15-2-1-3-16(12-15)28-11-8-17(20(28)31)19(30)27-10-9-26-18(29)13-4-6-14(7-5-13)21(23,24)25/h1-7,12,17H,8-11H2,(H,26,29)(H,27,30). The van der Waals surface area contributed by atoms with Gasteiger partial charge in [0, 0.05) is 35.4 Å². The van der Waals surface area contributed by atoms with Crippen LogP contribution >= 0.6 is 15.9 Å². The van der Waals surface area contributed by atoms with Gasteiger partial charge in [-0.2, -0.15) is 13.2 Å². The molecular formula is C21H19BrF3N3O3. The molecule has 2 aromatic carbocycles. The maximum atomic E-state index is 12.6. The van der Waals surface area contributed by atoms with Crippen molar-refractivity contribution in [2.75, 3.05) is 24.5 Å². The molecule has 0 radical (unpaired) electrons. The third kappa shape index (κ3) is 5.63. The molecule has 3 rings (SSSR count). The first-order valence-corrected chi connectivity index (χ1v) is 10.3. The quantitative estimate of drug-likeness (QED) is 0.474. The van der Waals surface area contributed by atoms with E-state index in [1.807, 2.05) is 6.07 Å². The molecule has 6 nitrogen and oxygen atoms in total. The molecule has 0 saturated carbocycles. The molecule has 31 heavy (non-hydrogen) atoms. The Balaban J connectivity index is 1.45. The summed E-state index contributed by atoms with van der Waals surface area (Å²) < 4.78 is 38.5. The molecule has 0 spiro atoms. The zero-order valence-corrected chi connectivity index (χ0v) is 17.8. The summed E-state index contributed by atoms with van der Waals surface area (Å²) in [6, 6.07) is 11.1. The number of nitrogens with one attached hydrogen (secondary N) is 2. The summed E-state index contributed by atoms with van der Waals surface area (Å²) in [7, 11) is 0. The van der Waals surface area contributed by atoms with Crippen molar-refractivity contribution in [3.8, 4) is 0 Å². The van der Waals surface area contributed by atoms with Gasteiger partial charge in [-0.15, -0.1) is 0 Å². The fourth-order valence-corrected chi connectivity index (χ4v) is 3.61. The fourth-order valence-electron chi connectivity index (χ4n) is 3.22. The van der Waals surface area contributed by atoms with E-state index in [9.17, 15) is 27.6 Å². The van der Waals surface area contributed by atoms with Crippen LogP contribution in [0.2, 0.25) is 0 Å². The van der Waals surface area contributed by atoms with Crippen molar-refractivity contribution in [3.05, 3.63) is 64.1 Å². The number of nitrogens with zero attached hydrogens (tertiary/aromatic N) is 1. The first-order chi connectivity index (χ1) is 14.7. The van der Waals surface area contributed by atoms with Crippen molar-refractivity contribution in [2.24, 2.45) is 5.92 Å². The molecule has 0 bridgehead atoms. The maximum Gasteiger partial charge on any atom is 0.416 e. The number of hydrogen-bond donors (Lipinski definition) is 2. The molecule has 1 atom stereocenters. The van der Waals surface area contributed by atoms with E-state index in [0.29, 0.717) is 18.7 Å². The van der Waals surface area contributed by atoms with Gasteiger partial charge in [-0.25, -0.2) is 0 Å². The van der Waals surface area contributed by atoms with Crippen molar-refractivity contribution in [3.63, 3.8) is 0 Å². The lowest BCUT2D eigenvalue weighted by Crippen LogP contribution is -2.40. The molecule has 0 aliphatic carbocycles. The summed E-state index contributed by atoms with van der Waals surface area (Å²) in [5.41, 5.74) is -0.0529. The lowest BCUT2D eigenvalue weighted by atomic mass is 10.1. The predicted octanol–water partition coefficient (Wildman–Crippen LogP) is 3.37. The fraction of sp³-hybridized carbons (Fsp3) is 0.286. The molecule has 10 heteroatoms. The molecule has 0 aromatic heterocycles. The van der Waals surface area contributed by atoms with Gasteiger partial charge in [0.05, 0.1) is 5.56 Å². The van der Waals surface area contributed by atoms with Crippen LogP contribution in [0.1, 0.15) is 22.3 Å². The Morgan fingerprint density at radius 1 is 1.06 bits per heavy atom. The number of hydrogen-bond acceptors (Lipinski definition) is 3. The highest BCUT2D eigenvalue weighted by atomic mass is 79.9. The lowest BCUT2D eigenvalue weighted by Gasteiger charge is -2.17. The second-order valence-electron chi connectivity index (χ2n) is 6.93. The minimum Gasteiger partial charge on any atom is -0.354 e. The van der Waals surface area contributed by atoms with E-state index in [2.05, 4.69) is 26.6 Å². The Bertz CT molecular complexity index is 980. The smallest absolute Gasteiger partial charge is 0.354 e. The van der Waals surface area contributed by atoms with Crippen LogP contribution in [0.4, 0.5) is 18.9 Å². The molecule has 1 unspecified atom stereocenters. The van der Waals surface area contributed by atoms with Gasteiger partial charge in [0.25, 0.3) is 5.91 Å². The van der Waals surface area contributed by atoms with E-state index >= 15 is 0 Å². The van der Waals surface area contributed by atoms with E-state index in [1.54, 1.807) is 23.1 Å². The number of benzene rings is 2. The van der Waals surface area contributed by atoms with E-state index in [4.69, 9.17) is 0 Å². The molecule has 164 valence electrons. The van der Waals surface area contributed by atoms with Gasteiger partial charge in [0.15, 0.2) is 0 Å². The van der Waals surface area contributed by atoms with Crippen LogP contribution in [0.5, 0.6) is 0 Å². The van der Waals surface area contributed by atoms with E-state index in [-0.39, 0.29) is 24.6 Å². The summed E-state index contributed by atoms with van der Waals surface area (Å²) in [5, 5.41) is 5.13. The van der Waals surface area contributed by atoms with Gasteiger partial charge < -0.3 is 15.5 Å². The van der Waals surface area contributed by atoms with Crippen LogP contribution in [0.3, 0.4) is 0 Å². The van der Waals surface area contributed by atoms with Gasteiger partial charge in [0.2, 0.25) is 11.8 Å². The van der Waals surface area contributed by atoms with E-state index in [1.165, 1.54) is 0 Å². The molecule has 1 aliphatic heterocycles. The van der Waals surface area contributed by atoms with Crippen molar-refractivity contribution < 1.29 is 27.6 Å². The summed E-state index contributed by atoms with van der Waals surface area (Å²) in [6.07, 6.45) is -4.08. The SMILES string of the molecule is O=C(NCCNC(=O)C1CCN(c2cccc(Br)c2)C1=O)c1ccc(C(F)(F)F)cc1. The molecule has 2 aromatic rings. The zero-order chi connectivity index (χ0) is 22.6. The van der Waals surface area contributed by atoms with Crippen LogP contribution in [-0.4, -0.2) is 37.4 Å². The molecule has 1 aliphatic rings. The van der Waals surface area contributed by atoms with E-state index in [0.717, 1.165) is 28.7 Å². The molecule has 1 saturated heterocycles. The van der Waals surface area contributed by atoms with Crippen LogP contribution in [0, 0.1) is 5.92 Å². The minimum absolute atomic E-state index is 0.0713. The molecule has 2 N–H and O–H groups in total. The van der Waals surface area contributed by atoms with Crippen LogP contribution < -0.4 is 15.5 Å². The Morgan fingerprint density at radius 3 is 2.39 bits per heavy atom. The summed E-state index contributed by atoms with van der Waals surface area (Å²) in [6.45, 7) is 0.589. The lowest BCUT2D eigenvalue weighted by molar-refractivity contribution is -0.137. The summed E-state index contributed by atoms with van der Waals surface area (Å²) in [4.78, 5) is 38.5. The average molecular weight is 498 g/mol. The zero-order valence-electron chi connectivity index (χ0n) is 16.2. The van der Waals surface area contributed by atoms with Crippen LogP contribution in [0.15, 0.2) is 53.0 Å². The number of amides is 3. The average Bonchev–Trinajstić information content (AvgIpc) is 3.12. The number of alkyl halides is 3. The Kier molecular flexibility index (Phi) is 6.99. The van der Waals surface area contributed by atoms with Crippen molar-refractivity contribution >= 4 is 39.3 Å². The first kappa shape index (κ1) is 22.8. The minimum atomic E-state index is -4.47. The van der Waals surface area contributed by atoms with Gasteiger partial charge in [-0.3, -0.25) is 14.4 Å². The van der Waals surface area contributed by atoms with Crippen molar-refractivity contribution in [1.82, 2.24) is 10.6 Å². The number of anilines is 1. The van der Waals surface area contributed by atoms with Gasteiger partial charge in [-0.05, 0) is 48.9 Å². The summed E-state index contributed by atoms with van der Waals surface area (Å²) in [5.74, 6) is -2.07. The van der Waals surface area contributed by atoms with Gasteiger partial charge in [-0.1, -0.05) is 22.0 Å². The molecule has 1 heterocycles. The maximum absolute atomic E-state index is 12.6. The molecule has 1 fully saturated rings. The molecule has 3 amide bonds. The topological polar surface area (TPSA) is 78.5 Å².